The van der Waals surface area contributed by atoms with Crippen LogP contribution in [0.3, 0.4) is 0 Å². The molecular formula is C15H18N2S. The highest BCUT2D eigenvalue weighted by Crippen LogP contribution is 2.23. The molecule has 0 fully saturated rings. The van der Waals surface area contributed by atoms with E-state index >= 15 is 0 Å². The van der Waals surface area contributed by atoms with Crippen molar-refractivity contribution in [1.82, 2.24) is 4.98 Å². The van der Waals surface area contributed by atoms with Gasteiger partial charge in [0.1, 0.15) is 0 Å². The van der Waals surface area contributed by atoms with Crippen molar-refractivity contribution >= 4 is 11.8 Å². The highest BCUT2D eigenvalue weighted by molar-refractivity contribution is 7.98. The molecular weight excluding hydrogens is 240 g/mol. The first-order valence-electron chi connectivity index (χ1n) is 6.06. The van der Waals surface area contributed by atoms with Gasteiger partial charge >= 0.3 is 0 Å². The van der Waals surface area contributed by atoms with E-state index in [-0.39, 0.29) is 6.04 Å². The van der Waals surface area contributed by atoms with Gasteiger partial charge in [0, 0.05) is 17.5 Å². The van der Waals surface area contributed by atoms with Crippen LogP contribution in [0.4, 0.5) is 0 Å². The number of hydrogen-bond acceptors (Lipinski definition) is 3. The zero-order chi connectivity index (χ0) is 13.0. The van der Waals surface area contributed by atoms with Crippen LogP contribution in [-0.4, -0.2) is 4.98 Å². The molecule has 94 valence electrons. The Hall–Kier alpha value is -1.32. The van der Waals surface area contributed by atoms with E-state index in [4.69, 9.17) is 5.73 Å². The minimum atomic E-state index is 0.0469. The average molecular weight is 258 g/mol. The van der Waals surface area contributed by atoms with Gasteiger partial charge in [-0.25, -0.2) is 4.98 Å². The summed E-state index contributed by atoms with van der Waals surface area (Å²) >= 11 is 1.76. The molecule has 1 unspecified atom stereocenters. The monoisotopic (exact) mass is 258 g/mol. The molecule has 0 bridgehead atoms. The maximum absolute atomic E-state index is 5.88. The summed E-state index contributed by atoms with van der Waals surface area (Å²) in [4.78, 5) is 4.59. The summed E-state index contributed by atoms with van der Waals surface area (Å²) in [5.41, 5.74) is 9.36. The van der Waals surface area contributed by atoms with E-state index in [0.29, 0.717) is 0 Å². The Kier molecular flexibility index (Phi) is 4.39. The summed E-state index contributed by atoms with van der Waals surface area (Å²) in [5.74, 6) is 0.949. The largest absolute Gasteiger partial charge is 0.324 e. The van der Waals surface area contributed by atoms with Crippen LogP contribution in [0, 0.1) is 6.92 Å². The standard InChI is InChI=1S/C15H18N2S/c1-11(16)14-8-9-15(17-12(14)2)18-10-13-6-4-3-5-7-13/h3-9,11H,10,16H2,1-2H3. The van der Waals surface area contributed by atoms with E-state index in [1.807, 2.05) is 19.9 Å². The molecule has 1 aromatic carbocycles. The second kappa shape index (κ2) is 6.03. The Morgan fingerprint density at radius 3 is 2.50 bits per heavy atom. The van der Waals surface area contributed by atoms with Crippen LogP contribution in [0.25, 0.3) is 0 Å². The highest BCUT2D eigenvalue weighted by atomic mass is 32.2. The zero-order valence-electron chi connectivity index (χ0n) is 10.8. The first-order chi connectivity index (χ1) is 8.66. The summed E-state index contributed by atoms with van der Waals surface area (Å²) in [6.45, 7) is 4.01. The molecule has 1 atom stereocenters. The number of benzene rings is 1. The number of rotatable bonds is 4. The third-order valence-electron chi connectivity index (χ3n) is 2.82. The molecule has 1 aromatic heterocycles. The van der Waals surface area contributed by atoms with Crippen LogP contribution < -0.4 is 5.73 Å². The minimum Gasteiger partial charge on any atom is -0.324 e. The third-order valence-corrected chi connectivity index (χ3v) is 3.82. The van der Waals surface area contributed by atoms with Gasteiger partial charge in [-0.05, 0) is 31.0 Å². The average Bonchev–Trinajstić information content (AvgIpc) is 2.37. The normalized spacial score (nSPS) is 12.4. The molecule has 0 aliphatic rings. The van der Waals surface area contributed by atoms with E-state index < -0.39 is 0 Å². The Balaban J connectivity index is 2.05. The summed E-state index contributed by atoms with van der Waals surface area (Å²) in [5, 5.41) is 1.06. The van der Waals surface area contributed by atoms with E-state index in [1.165, 1.54) is 5.56 Å². The topological polar surface area (TPSA) is 38.9 Å². The van der Waals surface area contributed by atoms with Crippen LogP contribution >= 0.6 is 11.8 Å². The SMILES string of the molecule is Cc1nc(SCc2ccccc2)ccc1C(C)N. The fraction of sp³-hybridized carbons (Fsp3) is 0.267. The van der Waals surface area contributed by atoms with Gasteiger partial charge in [0.2, 0.25) is 0 Å². The molecule has 0 aliphatic heterocycles. The van der Waals surface area contributed by atoms with E-state index in [2.05, 4.69) is 41.4 Å². The molecule has 18 heavy (non-hydrogen) atoms. The van der Waals surface area contributed by atoms with Crippen molar-refractivity contribution in [3.8, 4) is 0 Å². The van der Waals surface area contributed by atoms with Crippen molar-refractivity contribution in [1.29, 1.82) is 0 Å². The van der Waals surface area contributed by atoms with Gasteiger partial charge in [-0.2, -0.15) is 0 Å². The number of pyridine rings is 1. The Morgan fingerprint density at radius 1 is 1.17 bits per heavy atom. The molecule has 2 rings (SSSR count). The lowest BCUT2D eigenvalue weighted by atomic mass is 10.1. The molecule has 0 saturated heterocycles. The van der Waals surface area contributed by atoms with Crippen molar-refractivity contribution in [2.24, 2.45) is 5.73 Å². The van der Waals surface area contributed by atoms with E-state index in [0.717, 1.165) is 22.0 Å². The number of aromatic nitrogens is 1. The second-order valence-corrected chi connectivity index (χ2v) is 5.38. The smallest absolute Gasteiger partial charge is 0.0966 e. The molecule has 2 aromatic rings. The molecule has 0 radical (unpaired) electrons. The van der Waals surface area contributed by atoms with Crippen molar-refractivity contribution in [2.45, 2.75) is 30.7 Å². The van der Waals surface area contributed by atoms with Crippen LogP contribution in [0.5, 0.6) is 0 Å². The lowest BCUT2D eigenvalue weighted by Crippen LogP contribution is -2.08. The first-order valence-corrected chi connectivity index (χ1v) is 7.05. The van der Waals surface area contributed by atoms with Crippen molar-refractivity contribution < 1.29 is 0 Å². The third kappa shape index (κ3) is 3.34. The number of thioether (sulfide) groups is 1. The van der Waals surface area contributed by atoms with Crippen molar-refractivity contribution in [3.63, 3.8) is 0 Å². The Bertz CT molecular complexity index is 509. The van der Waals surface area contributed by atoms with Crippen molar-refractivity contribution in [2.75, 3.05) is 0 Å². The molecule has 0 aliphatic carbocycles. The summed E-state index contributed by atoms with van der Waals surface area (Å²) in [6.07, 6.45) is 0. The van der Waals surface area contributed by atoms with Gasteiger partial charge in [0.25, 0.3) is 0 Å². The molecule has 1 heterocycles. The summed E-state index contributed by atoms with van der Waals surface area (Å²) < 4.78 is 0. The van der Waals surface area contributed by atoms with Crippen LogP contribution in [0.1, 0.15) is 29.8 Å². The summed E-state index contributed by atoms with van der Waals surface area (Å²) in [6, 6.07) is 14.6. The number of nitrogens with zero attached hydrogens (tertiary/aromatic N) is 1. The predicted octanol–water partition coefficient (Wildman–Crippen LogP) is 3.70. The fourth-order valence-electron chi connectivity index (χ4n) is 1.84. The summed E-state index contributed by atoms with van der Waals surface area (Å²) in [7, 11) is 0. The van der Waals surface area contributed by atoms with Gasteiger partial charge in [0.15, 0.2) is 0 Å². The number of nitrogens with two attached hydrogens (primary N) is 1. The van der Waals surface area contributed by atoms with Gasteiger partial charge in [-0.15, -0.1) is 11.8 Å². The van der Waals surface area contributed by atoms with Crippen molar-refractivity contribution in [3.05, 3.63) is 59.3 Å². The minimum absolute atomic E-state index is 0.0469. The Labute approximate surface area is 113 Å². The molecule has 0 spiro atoms. The van der Waals surface area contributed by atoms with Gasteiger partial charge in [-0.1, -0.05) is 36.4 Å². The Morgan fingerprint density at radius 2 is 1.89 bits per heavy atom. The van der Waals surface area contributed by atoms with Crippen LogP contribution in [0.2, 0.25) is 0 Å². The highest BCUT2D eigenvalue weighted by Gasteiger charge is 2.06. The zero-order valence-corrected chi connectivity index (χ0v) is 11.6. The fourth-order valence-corrected chi connectivity index (χ4v) is 2.71. The lowest BCUT2D eigenvalue weighted by Gasteiger charge is -2.10. The van der Waals surface area contributed by atoms with Gasteiger partial charge < -0.3 is 5.73 Å². The first kappa shape index (κ1) is 13.1. The number of hydrogen-bond donors (Lipinski definition) is 1. The second-order valence-electron chi connectivity index (χ2n) is 4.39. The predicted molar refractivity (Wildman–Crippen MR) is 77.6 cm³/mol. The molecule has 0 saturated carbocycles. The maximum Gasteiger partial charge on any atom is 0.0966 e. The molecule has 3 heteroatoms. The lowest BCUT2D eigenvalue weighted by molar-refractivity contribution is 0.792. The molecule has 2 N–H and O–H groups in total. The van der Waals surface area contributed by atoms with E-state index in [1.54, 1.807) is 11.8 Å². The van der Waals surface area contributed by atoms with Crippen LogP contribution in [-0.2, 0) is 5.75 Å². The molecule has 0 amide bonds. The van der Waals surface area contributed by atoms with E-state index in [9.17, 15) is 0 Å². The van der Waals surface area contributed by atoms with Crippen LogP contribution in [0.15, 0.2) is 47.5 Å². The van der Waals surface area contributed by atoms with Gasteiger partial charge in [-0.3, -0.25) is 0 Å². The number of aryl methyl sites for hydroxylation is 1. The molecule has 2 nitrogen and oxygen atoms in total. The van der Waals surface area contributed by atoms with Gasteiger partial charge in [0.05, 0.1) is 5.03 Å². The maximum atomic E-state index is 5.88. The quantitative estimate of drug-likeness (QED) is 0.850.